The largest absolute Gasteiger partial charge is 0.506 e. The summed E-state index contributed by atoms with van der Waals surface area (Å²) in [6.45, 7) is 2.12. The molecule has 0 amide bonds. The summed E-state index contributed by atoms with van der Waals surface area (Å²) in [5.41, 5.74) is 1.37. The van der Waals surface area contributed by atoms with Crippen molar-refractivity contribution in [2.24, 2.45) is 0 Å². The summed E-state index contributed by atoms with van der Waals surface area (Å²) in [5.74, 6) is 1.82. The van der Waals surface area contributed by atoms with Gasteiger partial charge in [0.15, 0.2) is 0 Å². The van der Waals surface area contributed by atoms with E-state index in [0.717, 1.165) is 24.5 Å². The monoisotopic (exact) mass is 323 g/mol. The molecular weight excluding hydrogens is 306 g/mol. The van der Waals surface area contributed by atoms with Crippen molar-refractivity contribution in [2.75, 3.05) is 18.0 Å². The second kappa shape index (κ2) is 6.27. The summed E-state index contributed by atoms with van der Waals surface area (Å²) in [4.78, 5) is 15.1. The summed E-state index contributed by atoms with van der Waals surface area (Å²) in [6.07, 6.45) is 8.41. The molecular formula is C17H17N5O2. The van der Waals surface area contributed by atoms with Crippen LogP contribution in [0.3, 0.4) is 0 Å². The third kappa shape index (κ3) is 2.92. The second-order valence-corrected chi connectivity index (χ2v) is 5.81. The van der Waals surface area contributed by atoms with Crippen LogP contribution in [0.15, 0.2) is 41.3 Å². The lowest BCUT2D eigenvalue weighted by Gasteiger charge is -2.27. The first-order valence-corrected chi connectivity index (χ1v) is 7.99. The van der Waals surface area contributed by atoms with E-state index in [9.17, 15) is 5.11 Å². The van der Waals surface area contributed by atoms with Gasteiger partial charge in [-0.05, 0) is 37.5 Å². The maximum Gasteiger partial charge on any atom is 0.259 e. The normalized spacial score (nSPS) is 14.8. The molecule has 3 aromatic rings. The highest BCUT2D eigenvalue weighted by Gasteiger charge is 2.14. The molecule has 0 aliphatic carbocycles. The number of aromatic hydroxyl groups is 1. The second-order valence-electron chi connectivity index (χ2n) is 5.81. The molecule has 3 aromatic heterocycles. The van der Waals surface area contributed by atoms with Gasteiger partial charge in [0.25, 0.3) is 5.89 Å². The lowest BCUT2D eigenvalue weighted by atomic mass is 10.1. The fourth-order valence-corrected chi connectivity index (χ4v) is 2.83. The highest BCUT2D eigenvalue weighted by atomic mass is 16.5. The molecule has 0 aromatic carbocycles. The van der Waals surface area contributed by atoms with Gasteiger partial charge in [0.05, 0.1) is 11.8 Å². The van der Waals surface area contributed by atoms with Crippen molar-refractivity contribution in [3.05, 3.63) is 36.8 Å². The van der Waals surface area contributed by atoms with Gasteiger partial charge in [-0.15, -0.1) is 0 Å². The molecule has 1 N–H and O–H groups in total. The Morgan fingerprint density at radius 3 is 2.62 bits per heavy atom. The number of nitrogens with zero attached hydrogens (tertiary/aromatic N) is 5. The lowest BCUT2D eigenvalue weighted by Crippen LogP contribution is -2.29. The van der Waals surface area contributed by atoms with Gasteiger partial charge in [-0.2, -0.15) is 4.98 Å². The number of anilines is 1. The zero-order valence-electron chi connectivity index (χ0n) is 13.1. The van der Waals surface area contributed by atoms with Crippen LogP contribution in [-0.4, -0.2) is 38.3 Å². The lowest BCUT2D eigenvalue weighted by molar-refractivity contribution is 0.431. The van der Waals surface area contributed by atoms with Crippen LogP contribution >= 0.6 is 0 Å². The van der Waals surface area contributed by atoms with Crippen LogP contribution < -0.4 is 4.90 Å². The fourth-order valence-electron chi connectivity index (χ4n) is 2.83. The zero-order chi connectivity index (χ0) is 16.4. The van der Waals surface area contributed by atoms with Crippen molar-refractivity contribution in [3.63, 3.8) is 0 Å². The Kier molecular flexibility index (Phi) is 3.82. The van der Waals surface area contributed by atoms with Crippen molar-refractivity contribution in [1.82, 2.24) is 20.1 Å². The van der Waals surface area contributed by atoms with E-state index in [2.05, 4.69) is 25.0 Å². The first-order chi connectivity index (χ1) is 11.8. The van der Waals surface area contributed by atoms with Gasteiger partial charge >= 0.3 is 0 Å². The number of hydrogen-bond donors (Lipinski definition) is 1. The number of aromatic nitrogens is 4. The molecule has 0 bridgehead atoms. The summed E-state index contributed by atoms with van der Waals surface area (Å²) in [7, 11) is 0. The molecule has 0 atom stereocenters. The molecule has 24 heavy (non-hydrogen) atoms. The van der Waals surface area contributed by atoms with Gasteiger partial charge in [0.2, 0.25) is 5.82 Å². The third-order valence-electron chi connectivity index (χ3n) is 4.08. The molecule has 0 saturated carbocycles. The number of rotatable bonds is 3. The van der Waals surface area contributed by atoms with E-state index in [4.69, 9.17) is 4.52 Å². The highest BCUT2D eigenvalue weighted by Crippen LogP contribution is 2.25. The van der Waals surface area contributed by atoms with E-state index in [-0.39, 0.29) is 5.75 Å². The molecule has 7 nitrogen and oxygen atoms in total. The van der Waals surface area contributed by atoms with E-state index in [0.29, 0.717) is 17.3 Å². The van der Waals surface area contributed by atoms with Crippen molar-refractivity contribution in [3.8, 4) is 28.6 Å². The van der Waals surface area contributed by atoms with E-state index < -0.39 is 0 Å². The van der Waals surface area contributed by atoms with Crippen LogP contribution in [-0.2, 0) is 0 Å². The first kappa shape index (κ1) is 14.6. The molecule has 1 fully saturated rings. The van der Waals surface area contributed by atoms with Gasteiger partial charge in [-0.25, -0.2) is 4.98 Å². The first-order valence-electron chi connectivity index (χ1n) is 7.99. The molecule has 0 unspecified atom stereocenters. The topological polar surface area (TPSA) is 88.2 Å². The Bertz CT molecular complexity index is 825. The predicted octanol–water partition coefficient (Wildman–Crippen LogP) is 2.89. The van der Waals surface area contributed by atoms with Crippen LogP contribution in [0, 0.1) is 0 Å². The number of piperidine rings is 1. The molecule has 0 spiro atoms. The number of hydrogen-bond acceptors (Lipinski definition) is 7. The van der Waals surface area contributed by atoms with Gasteiger partial charge in [-0.3, -0.25) is 4.98 Å². The quantitative estimate of drug-likeness (QED) is 0.792. The molecule has 7 heteroatoms. The van der Waals surface area contributed by atoms with Crippen molar-refractivity contribution in [2.45, 2.75) is 19.3 Å². The molecule has 1 saturated heterocycles. The van der Waals surface area contributed by atoms with Crippen LogP contribution in [0.2, 0.25) is 0 Å². The summed E-state index contributed by atoms with van der Waals surface area (Å²) < 4.78 is 5.26. The third-order valence-corrected chi connectivity index (χ3v) is 4.08. The highest BCUT2D eigenvalue weighted by molar-refractivity contribution is 5.60. The smallest absolute Gasteiger partial charge is 0.259 e. The minimum Gasteiger partial charge on any atom is -0.506 e. The minimum absolute atomic E-state index is 0.0554. The Hall–Kier alpha value is -2.96. The Morgan fingerprint density at radius 1 is 1.00 bits per heavy atom. The average molecular weight is 323 g/mol. The van der Waals surface area contributed by atoms with Gasteiger partial charge < -0.3 is 14.5 Å². The molecule has 122 valence electrons. The summed E-state index contributed by atoms with van der Waals surface area (Å²) in [6, 6.07) is 5.47. The summed E-state index contributed by atoms with van der Waals surface area (Å²) >= 11 is 0. The Morgan fingerprint density at radius 2 is 1.88 bits per heavy atom. The fraction of sp³-hybridized carbons (Fsp3) is 0.294. The van der Waals surface area contributed by atoms with E-state index >= 15 is 0 Å². The van der Waals surface area contributed by atoms with Crippen LogP contribution in [0.4, 0.5) is 5.82 Å². The zero-order valence-corrected chi connectivity index (χ0v) is 13.1. The molecule has 1 aliphatic heterocycles. The van der Waals surface area contributed by atoms with Crippen LogP contribution in [0.25, 0.3) is 22.8 Å². The van der Waals surface area contributed by atoms with Gasteiger partial charge in [-0.1, -0.05) is 5.16 Å². The van der Waals surface area contributed by atoms with Crippen LogP contribution in [0.5, 0.6) is 5.75 Å². The van der Waals surface area contributed by atoms with Gasteiger partial charge in [0, 0.05) is 31.0 Å². The predicted molar refractivity (Wildman–Crippen MR) is 88.5 cm³/mol. The summed E-state index contributed by atoms with van der Waals surface area (Å²) in [5, 5.41) is 13.5. The molecule has 1 aliphatic rings. The average Bonchev–Trinajstić information content (AvgIpc) is 3.13. The van der Waals surface area contributed by atoms with E-state index in [1.807, 2.05) is 12.1 Å². The SMILES string of the molecule is Oc1cncc(-c2nc(-c3ccc(N4CCCCC4)nc3)no2)c1. The van der Waals surface area contributed by atoms with Crippen LogP contribution in [0.1, 0.15) is 19.3 Å². The molecule has 0 radical (unpaired) electrons. The van der Waals surface area contributed by atoms with Gasteiger partial charge in [0.1, 0.15) is 11.6 Å². The Balaban J connectivity index is 1.56. The van der Waals surface area contributed by atoms with E-state index in [1.54, 1.807) is 12.4 Å². The standard InChI is InChI=1S/C17H17N5O2/c23-14-8-13(9-18-11-14)17-20-16(21-24-17)12-4-5-15(19-10-12)22-6-2-1-3-7-22/h4-5,8-11,23H,1-3,6-7H2. The molecule has 4 heterocycles. The number of pyridine rings is 2. The van der Waals surface area contributed by atoms with E-state index in [1.165, 1.54) is 31.5 Å². The van der Waals surface area contributed by atoms with Crippen molar-refractivity contribution in [1.29, 1.82) is 0 Å². The van der Waals surface area contributed by atoms with Crippen molar-refractivity contribution < 1.29 is 9.63 Å². The maximum absolute atomic E-state index is 9.49. The maximum atomic E-state index is 9.49. The van der Waals surface area contributed by atoms with Crippen molar-refractivity contribution >= 4 is 5.82 Å². The molecule has 4 rings (SSSR count). The minimum atomic E-state index is 0.0554. The Labute approximate surface area is 139 Å².